The molecule has 2 aromatic carbocycles. The van der Waals surface area contributed by atoms with Crippen LogP contribution >= 0.6 is 11.6 Å². The van der Waals surface area contributed by atoms with Crippen LogP contribution in [-0.2, 0) is 23.4 Å². The van der Waals surface area contributed by atoms with Crippen molar-refractivity contribution in [3.63, 3.8) is 0 Å². The second-order valence-electron chi connectivity index (χ2n) is 9.04. The van der Waals surface area contributed by atoms with Gasteiger partial charge in [0.15, 0.2) is 5.78 Å². The maximum absolute atomic E-state index is 15.0. The molecule has 1 heterocycles. The Morgan fingerprint density at radius 1 is 1.05 bits per heavy atom. The Bertz CT molecular complexity index is 1740. The van der Waals surface area contributed by atoms with E-state index >= 15 is 0 Å². The number of aromatic nitrogens is 2. The van der Waals surface area contributed by atoms with Crippen LogP contribution in [0.15, 0.2) is 58.1 Å². The molecular weight excluding hydrogens is 596 g/mol. The van der Waals surface area contributed by atoms with Crippen LogP contribution in [0.3, 0.4) is 0 Å². The molecule has 0 N–H and O–H groups in total. The number of amides is 1. The van der Waals surface area contributed by atoms with Gasteiger partial charge < -0.3 is 0 Å². The van der Waals surface area contributed by atoms with Crippen molar-refractivity contribution < 1.29 is 35.6 Å². The second-order valence-corrected chi connectivity index (χ2v) is 11.4. The topological polar surface area (TPSA) is 119 Å². The number of benzene rings is 2. The molecular formula is C25H23ClF4N4O6S. The number of carbonyl (C=O) groups excluding carboxylic acids is 2. The van der Waals surface area contributed by atoms with Gasteiger partial charge in [0.25, 0.3) is 11.5 Å². The first-order valence-electron chi connectivity index (χ1n) is 11.7. The summed E-state index contributed by atoms with van der Waals surface area (Å²) in [5.41, 5.74) is -6.45. The highest BCUT2D eigenvalue weighted by Crippen LogP contribution is 2.28. The Morgan fingerprint density at radius 2 is 1.63 bits per heavy atom. The van der Waals surface area contributed by atoms with E-state index in [0.717, 1.165) is 11.4 Å². The average Bonchev–Trinajstić information content (AvgIpc) is 2.89. The van der Waals surface area contributed by atoms with Crippen LogP contribution in [0.25, 0.3) is 5.69 Å². The van der Waals surface area contributed by atoms with Gasteiger partial charge in [-0.2, -0.15) is 25.9 Å². The van der Waals surface area contributed by atoms with Crippen molar-refractivity contribution in [2.75, 3.05) is 13.6 Å². The second kappa shape index (κ2) is 11.6. The fourth-order valence-corrected chi connectivity index (χ4v) is 5.32. The minimum atomic E-state index is -5.09. The predicted octanol–water partition coefficient (Wildman–Crippen LogP) is 3.26. The van der Waals surface area contributed by atoms with Crippen molar-refractivity contribution in [1.29, 1.82) is 0 Å². The van der Waals surface area contributed by atoms with Gasteiger partial charge >= 0.3 is 22.1 Å². The largest absolute Gasteiger partial charge is 0.431 e. The van der Waals surface area contributed by atoms with Crippen LogP contribution in [0.4, 0.5) is 17.6 Å². The Labute approximate surface area is 236 Å². The standard InChI is InChI=1S/C25H23ClF4N4O6S/c1-14(2)32(4)41(39,40)33(13-20(35)15-8-6-5-7-9-15)23(37)16-10-19(18(27)11-17(16)26)34-22(36)12-21(25(28,29)30)31(3)24(34)38/h5-12,14H,13H2,1-4H3. The van der Waals surface area contributed by atoms with E-state index in [1.54, 1.807) is 6.07 Å². The van der Waals surface area contributed by atoms with Gasteiger partial charge in [0.05, 0.1) is 16.3 Å². The number of rotatable bonds is 8. The third kappa shape index (κ3) is 6.26. The van der Waals surface area contributed by atoms with Gasteiger partial charge in [-0.25, -0.2) is 18.1 Å². The van der Waals surface area contributed by atoms with Crippen molar-refractivity contribution in [2.45, 2.75) is 26.1 Å². The molecule has 0 fully saturated rings. The zero-order valence-corrected chi connectivity index (χ0v) is 23.5. The van der Waals surface area contributed by atoms with E-state index in [4.69, 9.17) is 11.6 Å². The highest BCUT2D eigenvalue weighted by molar-refractivity contribution is 7.87. The number of nitrogens with zero attached hydrogens (tertiary/aromatic N) is 4. The van der Waals surface area contributed by atoms with Crippen molar-refractivity contribution >= 4 is 33.5 Å². The van der Waals surface area contributed by atoms with E-state index in [2.05, 4.69) is 0 Å². The number of alkyl halides is 3. The van der Waals surface area contributed by atoms with Crippen molar-refractivity contribution in [3.8, 4) is 5.69 Å². The fraction of sp³-hybridized carbons (Fsp3) is 0.280. The molecule has 0 bridgehead atoms. The molecule has 0 aliphatic heterocycles. The summed E-state index contributed by atoms with van der Waals surface area (Å²) in [6.07, 6.45) is -5.09. The first-order chi connectivity index (χ1) is 18.9. The number of carbonyl (C=O) groups is 2. The molecule has 1 amide bonds. The Balaban J connectivity index is 2.24. The van der Waals surface area contributed by atoms with Crippen LogP contribution in [0.2, 0.25) is 5.02 Å². The van der Waals surface area contributed by atoms with Crippen molar-refractivity contribution in [3.05, 3.63) is 97.0 Å². The summed E-state index contributed by atoms with van der Waals surface area (Å²) in [6.45, 7) is 1.98. The van der Waals surface area contributed by atoms with Gasteiger partial charge in [-0.15, -0.1) is 0 Å². The molecule has 16 heteroatoms. The summed E-state index contributed by atoms with van der Waals surface area (Å²) in [6, 6.07) is 7.83. The molecule has 220 valence electrons. The van der Waals surface area contributed by atoms with E-state index in [0.29, 0.717) is 19.2 Å². The number of hydrogen-bond donors (Lipinski definition) is 0. The van der Waals surface area contributed by atoms with E-state index < -0.39 is 79.7 Å². The maximum atomic E-state index is 15.0. The summed E-state index contributed by atoms with van der Waals surface area (Å²) >= 11 is 6.07. The minimum absolute atomic E-state index is 0.0336. The predicted molar refractivity (Wildman–Crippen MR) is 141 cm³/mol. The summed E-state index contributed by atoms with van der Waals surface area (Å²) in [7, 11) is -2.87. The van der Waals surface area contributed by atoms with E-state index in [1.165, 1.54) is 38.1 Å². The molecule has 10 nitrogen and oxygen atoms in total. The average molecular weight is 619 g/mol. The number of hydrogen-bond acceptors (Lipinski definition) is 6. The molecule has 0 aliphatic carbocycles. The number of halogens is 5. The molecule has 1 aromatic heterocycles. The lowest BCUT2D eigenvalue weighted by molar-refractivity contribution is -0.144. The van der Waals surface area contributed by atoms with Crippen LogP contribution < -0.4 is 11.2 Å². The summed E-state index contributed by atoms with van der Waals surface area (Å²) in [5, 5.41) is -0.660. The molecule has 0 saturated heterocycles. The highest BCUT2D eigenvalue weighted by Gasteiger charge is 2.38. The molecule has 0 saturated carbocycles. The Morgan fingerprint density at radius 3 is 2.17 bits per heavy atom. The summed E-state index contributed by atoms with van der Waals surface area (Å²) in [4.78, 5) is 51.9. The van der Waals surface area contributed by atoms with E-state index in [-0.39, 0.29) is 25.1 Å². The quantitative estimate of drug-likeness (QED) is 0.283. The normalized spacial score (nSPS) is 12.2. The molecule has 0 radical (unpaired) electrons. The highest BCUT2D eigenvalue weighted by atomic mass is 35.5. The zero-order valence-electron chi connectivity index (χ0n) is 21.9. The van der Waals surface area contributed by atoms with Gasteiger partial charge in [-0.1, -0.05) is 41.9 Å². The third-order valence-corrected chi connectivity index (χ3v) is 8.41. The molecule has 0 atom stereocenters. The smallest absolute Gasteiger partial charge is 0.292 e. The first-order valence-corrected chi connectivity index (χ1v) is 13.4. The number of ketones is 1. The van der Waals surface area contributed by atoms with Gasteiger partial charge in [0, 0.05) is 31.8 Å². The van der Waals surface area contributed by atoms with E-state index in [9.17, 15) is 45.2 Å². The monoisotopic (exact) mass is 618 g/mol. The van der Waals surface area contributed by atoms with Gasteiger partial charge in [-0.05, 0) is 26.0 Å². The van der Waals surface area contributed by atoms with Gasteiger partial charge in [0.1, 0.15) is 18.1 Å². The lowest BCUT2D eigenvalue weighted by Crippen LogP contribution is -2.49. The molecule has 3 rings (SSSR count). The number of Topliss-reactive ketones (excluding diaryl/α,β-unsaturated/α-hetero) is 1. The summed E-state index contributed by atoms with van der Waals surface area (Å²) < 4.78 is 82.7. The maximum Gasteiger partial charge on any atom is 0.431 e. The molecule has 0 unspecified atom stereocenters. The lowest BCUT2D eigenvalue weighted by Gasteiger charge is -2.29. The Hall–Kier alpha value is -3.82. The summed E-state index contributed by atoms with van der Waals surface area (Å²) in [5.74, 6) is -3.59. The third-order valence-electron chi connectivity index (χ3n) is 6.10. The Kier molecular flexibility index (Phi) is 8.96. The minimum Gasteiger partial charge on any atom is -0.292 e. The molecule has 0 spiro atoms. The van der Waals surface area contributed by atoms with Crippen LogP contribution in [-0.4, -0.2) is 57.5 Å². The van der Waals surface area contributed by atoms with Crippen LogP contribution in [0, 0.1) is 5.82 Å². The fourth-order valence-electron chi connectivity index (χ4n) is 3.65. The molecule has 41 heavy (non-hydrogen) atoms. The zero-order chi connectivity index (χ0) is 31.0. The molecule has 3 aromatic rings. The van der Waals surface area contributed by atoms with Crippen LogP contribution in [0.5, 0.6) is 0 Å². The van der Waals surface area contributed by atoms with Crippen molar-refractivity contribution in [1.82, 2.24) is 17.7 Å². The SMILES string of the molecule is CC(C)N(C)S(=O)(=O)N(CC(=O)c1ccccc1)C(=O)c1cc(-n2c(=O)cc(C(F)(F)F)n(C)c2=O)c(F)cc1Cl. The molecule has 0 aliphatic rings. The van der Waals surface area contributed by atoms with Crippen molar-refractivity contribution in [2.24, 2.45) is 7.05 Å². The van der Waals surface area contributed by atoms with E-state index in [1.807, 2.05) is 0 Å². The van der Waals surface area contributed by atoms with Crippen LogP contribution in [0.1, 0.15) is 40.3 Å². The first kappa shape index (κ1) is 31.7. The van der Waals surface area contributed by atoms with Gasteiger partial charge in [0.2, 0.25) is 0 Å². The van der Waals surface area contributed by atoms with Gasteiger partial charge in [-0.3, -0.25) is 19.0 Å². The lowest BCUT2D eigenvalue weighted by atomic mass is 10.1.